The third-order valence-electron chi connectivity index (χ3n) is 8.17. The van der Waals surface area contributed by atoms with Crippen LogP contribution in [0.5, 0.6) is 0 Å². The number of hydrogen-bond acceptors (Lipinski definition) is 5. The Morgan fingerprint density at radius 3 is 2.61 bits per heavy atom. The number of hydrogen-bond donors (Lipinski definition) is 1. The first-order chi connectivity index (χ1) is 18.5. The number of nitrogens with one attached hydrogen (secondary N) is 1. The standard InChI is InChI=1S/C30H36N6O2/c1-21-17-24(10-9-23(21)11-12-28(37)35-15-13-34(14-16-35)19-22-7-8-22)30(38)36-20-25-18-31-33(2)29(25)32-26-5-3-4-6-27(26)36/h3-6,9-10,17-18,22,32H,7-8,11-16,19-20H2,1-2H3. The smallest absolute Gasteiger partial charge is 0.258 e. The van der Waals surface area contributed by atoms with Crippen molar-refractivity contribution in [1.82, 2.24) is 19.6 Å². The van der Waals surface area contributed by atoms with Crippen LogP contribution in [0.2, 0.25) is 0 Å². The minimum absolute atomic E-state index is 0.0502. The Bertz CT molecular complexity index is 1350. The first kappa shape index (κ1) is 24.7. The van der Waals surface area contributed by atoms with E-state index in [1.807, 2.05) is 72.4 Å². The van der Waals surface area contributed by atoms with Gasteiger partial charge in [0.1, 0.15) is 5.82 Å². The normalized spacial score (nSPS) is 17.4. The molecule has 0 unspecified atom stereocenters. The number of benzene rings is 2. The number of amides is 2. The van der Waals surface area contributed by atoms with Crippen LogP contribution < -0.4 is 10.2 Å². The lowest BCUT2D eigenvalue weighted by atomic mass is 10.00. The van der Waals surface area contributed by atoms with E-state index in [2.05, 4.69) is 15.3 Å². The van der Waals surface area contributed by atoms with Gasteiger partial charge in [0.05, 0.1) is 24.1 Å². The van der Waals surface area contributed by atoms with Gasteiger partial charge in [0.2, 0.25) is 5.91 Å². The summed E-state index contributed by atoms with van der Waals surface area (Å²) in [7, 11) is 1.90. The van der Waals surface area contributed by atoms with Gasteiger partial charge in [-0.1, -0.05) is 18.2 Å². The molecule has 198 valence electrons. The largest absolute Gasteiger partial charge is 0.340 e. The fourth-order valence-electron chi connectivity index (χ4n) is 5.65. The lowest BCUT2D eigenvalue weighted by Crippen LogP contribution is -2.49. The number of fused-ring (bicyclic) bond motifs is 2. The highest BCUT2D eigenvalue weighted by molar-refractivity contribution is 6.08. The maximum absolute atomic E-state index is 13.8. The maximum Gasteiger partial charge on any atom is 0.258 e. The molecule has 0 radical (unpaired) electrons. The number of anilines is 3. The molecule has 1 saturated carbocycles. The third-order valence-corrected chi connectivity index (χ3v) is 8.17. The third kappa shape index (κ3) is 5.05. The molecule has 3 aromatic rings. The van der Waals surface area contributed by atoms with Crippen molar-refractivity contribution in [2.75, 3.05) is 42.9 Å². The second-order valence-corrected chi connectivity index (χ2v) is 10.9. The van der Waals surface area contributed by atoms with E-state index in [1.54, 1.807) is 4.68 Å². The SMILES string of the molecule is Cc1cc(C(=O)N2Cc3cnn(C)c3Nc3ccccc32)ccc1CCC(=O)N1CCN(CC2CC2)CC1. The predicted molar refractivity (Wildman–Crippen MR) is 149 cm³/mol. The van der Waals surface area contributed by atoms with E-state index in [4.69, 9.17) is 0 Å². The summed E-state index contributed by atoms with van der Waals surface area (Å²) in [5.41, 5.74) is 5.50. The molecule has 1 saturated heterocycles. The lowest BCUT2D eigenvalue weighted by molar-refractivity contribution is -0.132. The van der Waals surface area contributed by atoms with Gasteiger partial charge < -0.3 is 15.1 Å². The van der Waals surface area contributed by atoms with Crippen LogP contribution in [0.3, 0.4) is 0 Å². The molecule has 3 aliphatic rings. The number of nitrogens with zero attached hydrogens (tertiary/aromatic N) is 5. The van der Waals surface area contributed by atoms with E-state index in [0.717, 1.165) is 66.0 Å². The zero-order valence-corrected chi connectivity index (χ0v) is 22.3. The molecule has 2 aromatic carbocycles. The second-order valence-electron chi connectivity index (χ2n) is 10.9. The molecular formula is C30H36N6O2. The van der Waals surface area contributed by atoms with Gasteiger partial charge in [-0.25, -0.2) is 0 Å². The van der Waals surface area contributed by atoms with Crippen LogP contribution in [0.1, 0.15) is 46.3 Å². The fourth-order valence-corrected chi connectivity index (χ4v) is 5.65. The topological polar surface area (TPSA) is 73.7 Å². The molecule has 8 heteroatoms. The molecule has 2 aliphatic heterocycles. The monoisotopic (exact) mass is 512 g/mol. The van der Waals surface area contributed by atoms with Crippen LogP contribution >= 0.6 is 0 Å². The predicted octanol–water partition coefficient (Wildman–Crippen LogP) is 4.12. The average Bonchev–Trinajstić information content (AvgIpc) is 3.71. The lowest BCUT2D eigenvalue weighted by Gasteiger charge is -2.35. The van der Waals surface area contributed by atoms with E-state index in [-0.39, 0.29) is 11.8 Å². The Balaban J connectivity index is 1.12. The Hall–Kier alpha value is -3.65. The summed E-state index contributed by atoms with van der Waals surface area (Å²) in [6.07, 6.45) is 5.75. The summed E-state index contributed by atoms with van der Waals surface area (Å²) < 4.78 is 1.80. The second kappa shape index (κ2) is 10.3. The number of para-hydroxylation sites is 2. The summed E-state index contributed by atoms with van der Waals surface area (Å²) in [6.45, 7) is 7.34. The summed E-state index contributed by atoms with van der Waals surface area (Å²) in [6, 6.07) is 13.7. The molecule has 1 aliphatic carbocycles. The Kier molecular flexibility index (Phi) is 6.66. The molecular weight excluding hydrogens is 476 g/mol. The van der Waals surface area contributed by atoms with Crippen LogP contribution in [0, 0.1) is 12.8 Å². The molecule has 8 nitrogen and oxygen atoms in total. The number of aromatic nitrogens is 2. The number of piperazine rings is 1. The van der Waals surface area contributed by atoms with Crippen molar-refractivity contribution in [2.24, 2.45) is 13.0 Å². The first-order valence-corrected chi connectivity index (χ1v) is 13.7. The summed E-state index contributed by atoms with van der Waals surface area (Å²) in [4.78, 5) is 33.0. The van der Waals surface area contributed by atoms with Gasteiger partial charge >= 0.3 is 0 Å². The number of carbonyl (C=O) groups excluding carboxylic acids is 2. The van der Waals surface area contributed by atoms with Gasteiger partial charge in [-0.05, 0) is 67.5 Å². The molecule has 1 N–H and O–H groups in total. The fraction of sp³-hybridized carbons (Fsp3) is 0.433. The molecule has 0 atom stereocenters. The number of carbonyl (C=O) groups is 2. The molecule has 0 bridgehead atoms. The Labute approximate surface area is 224 Å². The van der Waals surface area contributed by atoms with Gasteiger partial charge in [0, 0.05) is 57.3 Å². The van der Waals surface area contributed by atoms with Crippen LogP contribution in [-0.2, 0) is 24.8 Å². The Morgan fingerprint density at radius 1 is 1.05 bits per heavy atom. The molecule has 0 spiro atoms. The number of rotatable bonds is 6. The van der Waals surface area contributed by atoms with Crippen molar-refractivity contribution < 1.29 is 9.59 Å². The minimum atomic E-state index is -0.0502. The highest BCUT2D eigenvalue weighted by atomic mass is 16.2. The van der Waals surface area contributed by atoms with Crippen molar-refractivity contribution in [3.05, 3.63) is 70.9 Å². The summed E-state index contributed by atoms with van der Waals surface area (Å²) in [5.74, 6) is 1.98. The molecule has 6 rings (SSSR count). The molecule has 2 amide bonds. The van der Waals surface area contributed by atoms with Gasteiger partial charge in [0.25, 0.3) is 5.91 Å². The average molecular weight is 513 g/mol. The van der Waals surface area contributed by atoms with E-state index in [1.165, 1.54) is 19.4 Å². The quantitative estimate of drug-likeness (QED) is 0.538. The van der Waals surface area contributed by atoms with Gasteiger partial charge in [-0.3, -0.25) is 19.2 Å². The van der Waals surface area contributed by atoms with Crippen molar-refractivity contribution in [2.45, 2.75) is 39.2 Å². The maximum atomic E-state index is 13.8. The first-order valence-electron chi connectivity index (χ1n) is 13.7. The summed E-state index contributed by atoms with van der Waals surface area (Å²) in [5, 5.41) is 7.82. The van der Waals surface area contributed by atoms with E-state index < -0.39 is 0 Å². The van der Waals surface area contributed by atoms with E-state index in [9.17, 15) is 9.59 Å². The van der Waals surface area contributed by atoms with Crippen molar-refractivity contribution in [3.8, 4) is 0 Å². The highest BCUT2D eigenvalue weighted by Crippen LogP contribution is 2.36. The van der Waals surface area contributed by atoms with Gasteiger partial charge in [-0.15, -0.1) is 0 Å². The zero-order valence-electron chi connectivity index (χ0n) is 22.3. The van der Waals surface area contributed by atoms with Crippen LogP contribution in [0.4, 0.5) is 17.2 Å². The van der Waals surface area contributed by atoms with Crippen LogP contribution in [-0.4, -0.2) is 64.1 Å². The molecule has 38 heavy (non-hydrogen) atoms. The van der Waals surface area contributed by atoms with Crippen molar-refractivity contribution >= 4 is 29.0 Å². The van der Waals surface area contributed by atoms with Gasteiger partial charge in [-0.2, -0.15) is 5.10 Å². The van der Waals surface area contributed by atoms with Crippen molar-refractivity contribution in [1.29, 1.82) is 0 Å². The van der Waals surface area contributed by atoms with E-state index in [0.29, 0.717) is 24.9 Å². The molecule has 2 fully saturated rings. The van der Waals surface area contributed by atoms with Crippen LogP contribution in [0.25, 0.3) is 0 Å². The van der Waals surface area contributed by atoms with Crippen LogP contribution in [0.15, 0.2) is 48.7 Å². The molecule has 1 aromatic heterocycles. The zero-order chi connectivity index (χ0) is 26.2. The molecule has 3 heterocycles. The number of aryl methyl sites for hydroxylation is 3. The highest BCUT2D eigenvalue weighted by Gasteiger charge is 2.28. The van der Waals surface area contributed by atoms with Gasteiger partial charge in [0.15, 0.2) is 0 Å². The Morgan fingerprint density at radius 2 is 1.84 bits per heavy atom. The minimum Gasteiger partial charge on any atom is -0.340 e. The van der Waals surface area contributed by atoms with E-state index >= 15 is 0 Å². The summed E-state index contributed by atoms with van der Waals surface area (Å²) >= 11 is 0. The van der Waals surface area contributed by atoms with Crippen molar-refractivity contribution in [3.63, 3.8) is 0 Å².